The first-order valence-electron chi connectivity index (χ1n) is 6.02. The highest BCUT2D eigenvalue weighted by atomic mass is 16.5. The Labute approximate surface area is 108 Å². The fraction of sp³-hybridized carbons (Fsp3) is 0.833. The van der Waals surface area contributed by atoms with Gasteiger partial charge >= 0.3 is 5.97 Å². The van der Waals surface area contributed by atoms with Crippen LogP contribution in [-0.2, 0) is 19.1 Å². The lowest BCUT2D eigenvalue weighted by Gasteiger charge is -2.28. The maximum Gasteiger partial charge on any atom is 0.303 e. The fourth-order valence-electron chi connectivity index (χ4n) is 1.65. The summed E-state index contributed by atoms with van der Waals surface area (Å²) < 4.78 is 9.99. The SMILES string of the molecule is COCCN(C(=O)CCCC(=O)O)C(C)COC. The van der Waals surface area contributed by atoms with Gasteiger partial charge in [0.25, 0.3) is 0 Å². The van der Waals surface area contributed by atoms with E-state index in [9.17, 15) is 9.59 Å². The molecule has 0 radical (unpaired) electrons. The minimum Gasteiger partial charge on any atom is -0.481 e. The maximum atomic E-state index is 12.0. The van der Waals surface area contributed by atoms with Gasteiger partial charge in [-0.15, -0.1) is 0 Å². The lowest BCUT2D eigenvalue weighted by molar-refractivity contribution is -0.138. The van der Waals surface area contributed by atoms with Crippen LogP contribution < -0.4 is 0 Å². The number of ether oxygens (including phenoxy) is 2. The van der Waals surface area contributed by atoms with Crippen molar-refractivity contribution in [2.75, 3.05) is 34.0 Å². The number of carboxylic acid groups (broad SMARTS) is 1. The predicted molar refractivity (Wildman–Crippen MR) is 66.4 cm³/mol. The summed E-state index contributed by atoms with van der Waals surface area (Å²) in [4.78, 5) is 24.0. The van der Waals surface area contributed by atoms with Crippen molar-refractivity contribution in [3.05, 3.63) is 0 Å². The Bertz CT molecular complexity index is 257. The Morgan fingerprint density at radius 3 is 2.39 bits per heavy atom. The number of carbonyl (C=O) groups excluding carboxylic acids is 1. The molecule has 6 nitrogen and oxygen atoms in total. The Balaban J connectivity index is 4.25. The maximum absolute atomic E-state index is 12.0. The Kier molecular flexibility index (Phi) is 9.22. The lowest BCUT2D eigenvalue weighted by atomic mass is 10.2. The zero-order valence-electron chi connectivity index (χ0n) is 11.3. The first-order chi connectivity index (χ1) is 8.52. The van der Waals surface area contributed by atoms with Crippen molar-refractivity contribution in [2.24, 2.45) is 0 Å². The largest absolute Gasteiger partial charge is 0.481 e. The molecule has 0 saturated carbocycles. The second-order valence-electron chi connectivity index (χ2n) is 4.13. The topological polar surface area (TPSA) is 76.1 Å². The minimum absolute atomic E-state index is 0.0164. The minimum atomic E-state index is -0.879. The highest BCUT2D eigenvalue weighted by Gasteiger charge is 2.19. The van der Waals surface area contributed by atoms with Gasteiger partial charge in [0.05, 0.1) is 19.3 Å². The van der Waals surface area contributed by atoms with Gasteiger partial charge in [-0.2, -0.15) is 0 Å². The smallest absolute Gasteiger partial charge is 0.303 e. The first kappa shape index (κ1) is 16.9. The summed E-state index contributed by atoms with van der Waals surface area (Å²) >= 11 is 0. The Hall–Kier alpha value is -1.14. The number of hydrogen-bond acceptors (Lipinski definition) is 4. The molecule has 18 heavy (non-hydrogen) atoms. The average Bonchev–Trinajstić information content (AvgIpc) is 2.29. The summed E-state index contributed by atoms with van der Waals surface area (Å²) in [6, 6.07) is -0.0394. The van der Waals surface area contributed by atoms with Gasteiger partial charge in [-0.3, -0.25) is 9.59 Å². The predicted octanol–water partition coefficient (Wildman–Crippen LogP) is 0.751. The van der Waals surface area contributed by atoms with E-state index in [4.69, 9.17) is 14.6 Å². The summed E-state index contributed by atoms with van der Waals surface area (Å²) in [6.45, 7) is 3.30. The third kappa shape index (κ3) is 7.24. The first-order valence-corrected chi connectivity index (χ1v) is 6.02. The van der Waals surface area contributed by atoms with Crippen LogP contribution in [0.15, 0.2) is 0 Å². The number of methoxy groups -OCH3 is 2. The summed E-state index contributed by atoms with van der Waals surface area (Å²) in [5, 5.41) is 8.53. The van der Waals surface area contributed by atoms with E-state index in [1.54, 1.807) is 19.1 Å². The van der Waals surface area contributed by atoms with Crippen molar-refractivity contribution in [3.63, 3.8) is 0 Å². The number of hydrogen-bond donors (Lipinski definition) is 1. The molecule has 0 saturated heterocycles. The number of carboxylic acids is 1. The molecule has 0 aliphatic carbocycles. The normalized spacial score (nSPS) is 12.2. The van der Waals surface area contributed by atoms with Crippen LogP contribution >= 0.6 is 0 Å². The third-order valence-electron chi connectivity index (χ3n) is 2.58. The van der Waals surface area contributed by atoms with E-state index in [1.807, 2.05) is 6.92 Å². The molecular formula is C12H23NO5. The van der Waals surface area contributed by atoms with Crippen molar-refractivity contribution >= 4 is 11.9 Å². The molecule has 0 heterocycles. The van der Waals surface area contributed by atoms with E-state index < -0.39 is 5.97 Å². The fourth-order valence-corrected chi connectivity index (χ4v) is 1.65. The zero-order chi connectivity index (χ0) is 14.0. The number of rotatable bonds is 10. The van der Waals surface area contributed by atoms with Crippen molar-refractivity contribution in [1.82, 2.24) is 4.90 Å². The van der Waals surface area contributed by atoms with Crippen LogP contribution in [0.2, 0.25) is 0 Å². The molecule has 0 spiro atoms. The van der Waals surface area contributed by atoms with Crippen molar-refractivity contribution in [3.8, 4) is 0 Å². The summed E-state index contributed by atoms with van der Waals surface area (Å²) in [5.74, 6) is -0.936. The van der Waals surface area contributed by atoms with E-state index >= 15 is 0 Å². The van der Waals surface area contributed by atoms with Gasteiger partial charge in [0.1, 0.15) is 0 Å². The lowest BCUT2D eigenvalue weighted by Crippen LogP contribution is -2.42. The number of amides is 1. The molecule has 1 unspecified atom stereocenters. The molecule has 1 N–H and O–H groups in total. The molecule has 0 aliphatic rings. The van der Waals surface area contributed by atoms with Crippen LogP contribution in [0, 0.1) is 0 Å². The molecule has 0 fully saturated rings. The molecule has 6 heteroatoms. The molecule has 1 atom stereocenters. The van der Waals surface area contributed by atoms with Crippen LogP contribution in [-0.4, -0.2) is 61.9 Å². The van der Waals surface area contributed by atoms with Gasteiger partial charge in [-0.25, -0.2) is 0 Å². The van der Waals surface area contributed by atoms with Gasteiger partial charge in [0.2, 0.25) is 5.91 Å². The number of nitrogens with zero attached hydrogens (tertiary/aromatic N) is 1. The van der Waals surface area contributed by atoms with Crippen LogP contribution in [0.4, 0.5) is 0 Å². The molecule has 0 aliphatic heterocycles. The van der Waals surface area contributed by atoms with Crippen molar-refractivity contribution in [1.29, 1.82) is 0 Å². The van der Waals surface area contributed by atoms with E-state index in [2.05, 4.69) is 0 Å². The second-order valence-corrected chi connectivity index (χ2v) is 4.13. The van der Waals surface area contributed by atoms with E-state index in [0.717, 1.165) is 0 Å². The summed E-state index contributed by atoms with van der Waals surface area (Å²) in [6.07, 6.45) is 0.615. The van der Waals surface area contributed by atoms with E-state index in [1.165, 1.54) is 0 Å². The molecular weight excluding hydrogens is 238 g/mol. The highest BCUT2D eigenvalue weighted by Crippen LogP contribution is 2.06. The number of carbonyl (C=O) groups is 2. The quantitative estimate of drug-likeness (QED) is 0.628. The van der Waals surface area contributed by atoms with E-state index in [0.29, 0.717) is 26.2 Å². The molecule has 1 amide bonds. The van der Waals surface area contributed by atoms with Gasteiger partial charge in [0, 0.05) is 33.6 Å². The standard InChI is InChI=1S/C12H23NO5/c1-10(9-18-3)13(7-8-17-2)11(14)5-4-6-12(15)16/h10H,4-9H2,1-3H3,(H,15,16). The van der Waals surface area contributed by atoms with Crippen LogP contribution in [0.3, 0.4) is 0 Å². The van der Waals surface area contributed by atoms with E-state index in [-0.39, 0.29) is 24.8 Å². The van der Waals surface area contributed by atoms with Crippen LogP contribution in [0.1, 0.15) is 26.2 Å². The molecule has 0 aromatic heterocycles. The second kappa shape index (κ2) is 9.85. The van der Waals surface area contributed by atoms with Crippen molar-refractivity contribution < 1.29 is 24.2 Å². The van der Waals surface area contributed by atoms with Gasteiger partial charge < -0.3 is 19.5 Å². The van der Waals surface area contributed by atoms with Gasteiger partial charge in [-0.1, -0.05) is 0 Å². The third-order valence-corrected chi connectivity index (χ3v) is 2.58. The highest BCUT2D eigenvalue weighted by molar-refractivity contribution is 5.77. The molecule has 0 aromatic carbocycles. The average molecular weight is 261 g/mol. The monoisotopic (exact) mass is 261 g/mol. The van der Waals surface area contributed by atoms with Gasteiger partial charge in [0.15, 0.2) is 0 Å². The molecule has 0 aromatic rings. The summed E-state index contributed by atoms with van der Waals surface area (Å²) in [7, 11) is 3.16. The Morgan fingerprint density at radius 1 is 1.22 bits per heavy atom. The van der Waals surface area contributed by atoms with Crippen molar-refractivity contribution in [2.45, 2.75) is 32.2 Å². The molecule has 0 rings (SSSR count). The summed E-state index contributed by atoms with van der Waals surface area (Å²) in [5.41, 5.74) is 0. The zero-order valence-corrected chi connectivity index (χ0v) is 11.3. The van der Waals surface area contributed by atoms with Crippen LogP contribution in [0.25, 0.3) is 0 Å². The van der Waals surface area contributed by atoms with Crippen LogP contribution in [0.5, 0.6) is 0 Å². The van der Waals surface area contributed by atoms with Gasteiger partial charge in [-0.05, 0) is 13.3 Å². The Morgan fingerprint density at radius 2 is 1.89 bits per heavy atom. The molecule has 0 bridgehead atoms. The number of aliphatic carboxylic acids is 1. The molecule has 106 valence electrons.